The third kappa shape index (κ3) is 4.58. The molecule has 30 heavy (non-hydrogen) atoms. The first-order valence-electron chi connectivity index (χ1n) is 8.84. The average Bonchev–Trinajstić information content (AvgIpc) is 3.03. The fourth-order valence-electron chi connectivity index (χ4n) is 3.24. The van der Waals surface area contributed by atoms with Crippen LogP contribution in [0.5, 0.6) is 0 Å². The number of imidazole rings is 1. The number of hydrogen-bond acceptors (Lipinski definition) is 4. The van der Waals surface area contributed by atoms with Crippen molar-refractivity contribution in [1.29, 1.82) is 0 Å². The number of para-hydroxylation sites is 2. The summed E-state index contributed by atoms with van der Waals surface area (Å²) in [6.07, 6.45) is -3.57. The summed E-state index contributed by atoms with van der Waals surface area (Å²) in [5.74, 6) is -1.84. The molecule has 0 saturated carbocycles. The third-order valence-corrected chi connectivity index (χ3v) is 4.55. The maximum Gasteiger partial charge on any atom is 0.409 e. The van der Waals surface area contributed by atoms with Crippen LogP contribution in [0.4, 0.5) is 33.3 Å². The van der Waals surface area contributed by atoms with Crippen LogP contribution in [-0.4, -0.2) is 52.1 Å². The minimum atomic E-state index is -4.85. The molecule has 1 unspecified atom stereocenters. The molecule has 0 spiro atoms. The quantitative estimate of drug-likeness (QED) is 0.739. The number of halogens is 5. The molecule has 1 aliphatic rings. The number of nitrogens with one attached hydrogen (secondary N) is 1. The highest BCUT2D eigenvalue weighted by atomic mass is 19.4. The average molecular weight is 431 g/mol. The first-order chi connectivity index (χ1) is 14.1. The minimum Gasteiger partial charge on any atom is -0.324 e. The largest absolute Gasteiger partial charge is 0.409 e. The van der Waals surface area contributed by atoms with Gasteiger partial charge in [-0.25, -0.2) is 4.98 Å². The minimum absolute atomic E-state index is 0.0409. The Bertz CT molecular complexity index is 930. The van der Waals surface area contributed by atoms with Gasteiger partial charge in [0.2, 0.25) is 11.8 Å². The van der Waals surface area contributed by atoms with E-state index >= 15 is 0 Å². The zero-order valence-electron chi connectivity index (χ0n) is 15.7. The van der Waals surface area contributed by atoms with Gasteiger partial charge in [0.15, 0.2) is 0 Å². The molecule has 7 nitrogen and oxygen atoms in total. The highest BCUT2D eigenvalue weighted by Gasteiger charge is 2.49. The first-order valence-corrected chi connectivity index (χ1v) is 8.84. The Labute approximate surface area is 168 Å². The Morgan fingerprint density at radius 2 is 2.03 bits per heavy atom. The number of rotatable bonds is 5. The number of anilines is 2. The molecule has 1 atom stereocenters. The number of amides is 2. The van der Waals surface area contributed by atoms with Crippen molar-refractivity contribution in [2.75, 3.05) is 23.8 Å². The lowest BCUT2D eigenvalue weighted by Crippen LogP contribution is -2.52. The molecule has 1 aliphatic heterocycles. The molecule has 0 saturated heterocycles. The Hall–Kier alpha value is -3.02. The van der Waals surface area contributed by atoms with Crippen LogP contribution in [0.1, 0.15) is 18.8 Å². The lowest BCUT2D eigenvalue weighted by atomic mass is 10.1. The van der Waals surface area contributed by atoms with E-state index in [1.807, 2.05) is 0 Å². The molecule has 0 aliphatic carbocycles. The lowest BCUT2D eigenvalue weighted by Gasteiger charge is -2.32. The molecule has 0 radical (unpaired) electrons. The van der Waals surface area contributed by atoms with Crippen LogP contribution in [0.25, 0.3) is 0 Å². The van der Waals surface area contributed by atoms with Gasteiger partial charge >= 0.3 is 12.7 Å². The van der Waals surface area contributed by atoms with Crippen LogP contribution in [-0.2, 0) is 16.1 Å². The van der Waals surface area contributed by atoms with Gasteiger partial charge in [-0.1, -0.05) is 12.1 Å². The fraction of sp³-hybridized carbons (Fsp3) is 0.389. The number of benzene rings is 1. The van der Waals surface area contributed by atoms with Gasteiger partial charge in [-0.15, -0.1) is 0 Å². The molecule has 0 fully saturated rings. The third-order valence-electron chi connectivity index (χ3n) is 4.55. The summed E-state index contributed by atoms with van der Waals surface area (Å²) in [4.78, 5) is 30.5. The van der Waals surface area contributed by atoms with E-state index in [1.54, 1.807) is 0 Å². The predicted molar refractivity (Wildman–Crippen MR) is 96.8 cm³/mol. The van der Waals surface area contributed by atoms with Gasteiger partial charge in [-0.05, 0) is 19.2 Å². The second kappa shape index (κ2) is 8.38. The van der Waals surface area contributed by atoms with Crippen LogP contribution < -0.4 is 10.2 Å². The molecule has 162 valence electrons. The van der Waals surface area contributed by atoms with E-state index in [9.17, 15) is 31.5 Å². The molecule has 2 amide bonds. The van der Waals surface area contributed by atoms with Crippen LogP contribution in [0.15, 0.2) is 36.7 Å². The number of alkyl halides is 5. The Balaban J connectivity index is 1.87. The Morgan fingerprint density at radius 3 is 2.70 bits per heavy atom. The standard InChI is InChI=1S/C18H18F5N5O2/c1-26(9-14-24-6-7-27(14)17(19)20)10-16(30)28-12-5-3-2-4-11(12)25-15(29)8-13(28)18(21,22)23/h2-7,13,17H,8-10H2,1H3,(H,25,29). The molecule has 2 aromatic rings. The number of fused-ring (bicyclic) bond motifs is 1. The molecular formula is C18H18F5N5O2. The summed E-state index contributed by atoms with van der Waals surface area (Å²) in [5.41, 5.74) is -0.00310. The topological polar surface area (TPSA) is 70.5 Å². The van der Waals surface area contributed by atoms with Gasteiger partial charge in [0, 0.05) is 12.4 Å². The van der Waals surface area contributed by atoms with E-state index in [-0.39, 0.29) is 23.7 Å². The first kappa shape index (κ1) is 21.7. The SMILES string of the molecule is CN(CC(=O)N1c2ccccc2NC(=O)CC1C(F)(F)F)Cc1nccn1C(F)F. The van der Waals surface area contributed by atoms with Crippen molar-refractivity contribution in [1.82, 2.24) is 14.5 Å². The number of aromatic nitrogens is 2. The summed E-state index contributed by atoms with van der Waals surface area (Å²) in [6, 6.07) is 3.32. The van der Waals surface area contributed by atoms with Gasteiger partial charge < -0.3 is 5.32 Å². The van der Waals surface area contributed by atoms with Gasteiger partial charge in [-0.2, -0.15) is 22.0 Å². The monoisotopic (exact) mass is 431 g/mol. The predicted octanol–water partition coefficient (Wildman–Crippen LogP) is 3.02. The zero-order chi connectivity index (χ0) is 22.1. The number of likely N-dealkylation sites (N-methyl/N-ethyl adjacent to an activating group) is 1. The zero-order valence-corrected chi connectivity index (χ0v) is 15.7. The van der Waals surface area contributed by atoms with E-state index in [1.165, 1.54) is 42.4 Å². The molecule has 2 heterocycles. The lowest BCUT2D eigenvalue weighted by molar-refractivity contribution is -0.158. The molecular weight excluding hydrogens is 413 g/mol. The molecule has 1 aromatic carbocycles. The van der Waals surface area contributed by atoms with Crippen molar-refractivity contribution in [3.63, 3.8) is 0 Å². The number of carbonyl (C=O) groups is 2. The van der Waals surface area contributed by atoms with Gasteiger partial charge in [0.25, 0.3) is 0 Å². The summed E-state index contributed by atoms with van der Waals surface area (Å²) >= 11 is 0. The second-order valence-corrected chi connectivity index (χ2v) is 6.79. The second-order valence-electron chi connectivity index (χ2n) is 6.79. The highest BCUT2D eigenvalue weighted by molar-refractivity contribution is 6.05. The maximum absolute atomic E-state index is 13.7. The normalized spacial score (nSPS) is 17.1. The van der Waals surface area contributed by atoms with Crippen LogP contribution in [0.2, 0.25) is 0 Å². The molecule has 1 N–H and O–H groups in total. The van der Waals surface area contributed by atoms with Crippen molar-refractivity contribution in [3.8, 4) is 0 Å². The van der Waals surface area contributed by atoms with Gasteiger partial charge in [0.1, 0.15) is 11.9 Å². The molecule has 3 rings (SSSR count). The van der Waals surface area contributed by atoms with Crippen molar-refractivity contribution in [2.45, 2.75) is 31.7 Å². The van der Waals surface area contributed by atoms with Crippen LogP contribution in [0.3, 0.4) is 0 Å². The van der Waals surface area contributed by atoms with E-state index in [0.717, 1.165) is 6.20 Å². The maximum atomic E-state index is 13.7. The van der Waals surface area contributed by atoms with Gasteiger partial charge in [0.05, 0.1) is 30.9 Å². The number of nitrogens with zero attached hydrogens (tertiary/aromatic N) is 4. The Morgan fingerprint density at radius 1 is 1.33 bits per heavy atom. The smallest absolute Gasteiger partial charge is 0.324 e. The van der Waals surface area contributed by atoms with E-state index in [4.69, 9.17) is 0 Å². The highest BCUT2D eigenvalue weighted by Crippen LogP contribution is 2.37. The summed E-state index contributed by atoms with van der Waals surface area (Å²) < 4.78 is 67.6. The van der Waals surface area contributed by atoms with Crippen molar-refractivity contribution in [2.24, 2.45) is 0 Å². The molecule has 12 heteroatoms. The van der Waals surface area contributed by atoms with Crippen LogP contribution >= 0.6 is 0 Å². The number of hydrogen-bond donors (Lipinski definition) is 1. The molecule has 0 bridgehead atoms. The van der Waals surface area contributed by atoms with Crippen molar-refractivity contribution in [3.05, 3.63) is 42.5 Å². The van der Waals surface area contributed by atoms with Crippen LogP contribution in [0, 0.1) is 0 Å². The summed E-state index contributed by atoms with van der Waals surface area (Å²) in [6.45, 7) is -3.53. The van der Waals surface area contributed by atoms with Gasteiger partial charge in [-0.3, -0.25) is 24.0 Å². The van der Waals surface area contributed by atoms with E-state index < -0.39 is 43.5 Å². The Kier molecular flexibility index (Phi) is 6.06. The summed E-state index contributed by atoms with van der Waals surface area (Å²) in [5, 5.41) is 2.38. The van der Waals surface area contributed by atoms with Crippen molar-refractivity contribution < 1.29 is 31.5 Å². The summed E-state index contributed by atoms with van der Waals surface area (Å²) in [7, 11) is 1.40. The number of carbonyl (C=O) groups excluding carboxylic acids is 2. The van der Waals surface area contributed by atoms with Crippen molar-refractivity contribution >= 4 is 23.2 Å². The van der Waals surface area contributed by atoms with E-state index in [0.29, 0.717) is 9.47 Å². The fourth-order valence-corrected chi connectivity index (χ4v) is 3.24. The molecule has 1 aromatic heterocycles. The van der Waals surface area contributed by atoms with E-state index in [2.05, 4.69) is 10.3 Å².